The number of hydrogen-bond donors (Lipinski definition) is 3. The van der Waals surface area contributed by atoms with Crippen LogP contribution in [0.2, 0.25) is 0 Å². The van der Waals surface area contributed by atoms with Crippen LogP contribution in [0.25, 0.3) is 11.3 Å². The number of nitrogen functional groups attached to an aromatic ring is 1. The van der Waals surface area contributed by atoms with Crippen molar-refractivity contribution in [2.75, 3.05) is 24.2 Å². The molecule has 9 nitrogen and oxygen atoms in total. The summed E-state index contributed by atoms with van der Waals surface area (Å²) in [6.07, 6.45) is 3.97. The first-order valence-electron chi connectivity index (χ1n) is 11.6. The van der Waals surface area contributed by atoms with Crippen LogP contribution in [0, 0.1) is 24.6 Å². The fourth-order valence-electron chi connectivity index (χ4n) is 4.35. The number of imidazole rings is 1. The Hall–Kier alpha value is -4.23. The lowest BCUT2D eigenvalue weighted by molar-refractivity contribution is 0.0990. The minimum absolute atomic E-state index is 0.0897. The number of benzene rings is 1. The summed E-state index contributed by atoms with van der Waals surface area (Å²) < 4.78 is 14.7. The molecule has 1 fully saturated rings. The van der Waals surface area contributed by atoms with E-state index in [4.69, 9.17) is 16.6 Å². The van der Waals surface area contributed by atoms with Gasteiger partial charge in [0.25, 0.3) is 11.8 Å². The zero-order valence-electron chi connectivity index (χ0n) is 20.2. The average molecular weight is 490 g/mol. The van der Waals surface area contributed by atoms with E-state index in [1.54, 1.807) is 38.1 Å². The standard InChI is InChI=1S/C26H28FN7O2/c1-3-4-12-33-13-6-5-7-20(33)25-32-22(23(24(28)35)34(25)29)17-8-10-18(11-9-17)26(36)31-21-14-16(2)19(27)15-30-21/h8-11,14-15,20H,5-7,12-13,29H2,1-2H3,(H2,28,35)(H,30,31,36)/t20-/m0/s1. The lowest BCUT2D eigenvalue weighted by Gasteiger charge is -2.33. The summed E-state index contributed by atoms with van der Waals surface area (Å²) in [5, 5.41) is 2.65. The van der Waals surface area contributed by atoms with Crippen molar-refractivity contribution in [2.24, 2.45) is 5.73 Å². The maximum Gasteiger partial charge on any atom is 0.269 e. The fraction of sp³-hybridized carbons (Fsp3) is 0.308. The van der Waals surface area contributed by atoms with Crippen molar-refractivity contribution < 1.29 is 14.0 Å². The number of carbonyl (C=O) groups excluding carboxylic acids is 2. The SMILES string of the molecule is CC#CCN1CCCC[C@H]1c1nc(-c2ccc(C(=O)Nc3cc(C)c(F)cn3)cc2)c(C(N)=O)n1N. The Labute approximate surface area is 208 Å². The molecule has 2 amide bonds. The van der Waals surface area contributed by atoms with Crippen molar-refractivity contribution in [2.45, 2.75) is 39.2 Å². The van der Waals surface area contributed by atoms with E-state index in [0.717, 1.165) is 32.0 Å². The van der Waals surface area contributed by atoms with Gasteiger partial charge < -0.3 is 16.9 Å². The van der Waals surface area contributed by atoms with Gasteiger partial charge in [-0.15, -0.1) is 5.92 Å². The number of aromatic nitrogens is 3. The third-order valence-electron chi connectivity index (χ3n) is 6.25. The molecule has 0 spiro atoms. The molecule has 0 bridgehead atoms. The molecule has 1 aromatic carbocycles. The molecule has 0 saturated carbocycles. The van der Waals surface area contributed by atoms with E-state index < -0.39 is 17.6 Å². The number of nitrogens with one attached hydrogen (secondary N) is 1. The number of piperidine rings is 1. The molecule has 186 valence electrons. The highest BCUT2D eigenvalue weighted by atomic mass is 19.1. The van der Waals surface area contributed by atoms with Gasteiger partial charge in [0.1, 0.15) is 23.2 Å². The van der Waals surface area contributed by atoms with Crippen LogP contribution in [0.4, 0.5) is 10.2 Å². The Kier molecular flexibility index (Phi) is 7.31. The Morgan fingerprint density at radius 3 is 2.67 bits per heavy atom. The highest BCUT2D eigenvalue weighted by Gasteiger charge is 2.31. The number of rotatable bonds is 6. The molecule has 0 radical (unpaired) electrons. The van der Waals surface area contributed by atoms with E-state index >= 15 is 0 Å². The summed E-state index contributed by atoms with van der Waals surface area (Å²) in [4.78, 5) is 35.8. The second kappa shape index (κ2) is 10.6. The summed E-state index contributed by atoms with van der Waals surface area (Å²) in [5.41, 5.74) is 7.46. The van der Waals surface area contributed by atoms with Gasteiger partial charge in [0.15, 0.2) is 5.69 Å². The molecule has 36 heavy (non-hydrogen) atoms. The zero-order valence-corrected chi connectivity index (χ0v) is 20.2. The van der Waals surface area contributed by atoms with Gasteiger partial charge in [-0.1, -0.05) is 24.5 Å². The van der Waals surface area contributed by atoms with E-state index in [-0.39, 0.29) is 17.6 Å². The lowest BCUT2D eigenvalue weighted by atomic mass is 10.0. The van der Waals surface area contributed by atoms with Gasteiger partial charge in [0, 0.05) is 11.1 Å². The maximum atomic E-state index is 13.4. The fourth-order valence-corrected chi connectivity index (χ4v) is 4.35. The number of nitrogens with zero attached hydrogens (tertiary/aromatic N) is 4. The van der Waals surface area contributed by atoms with Gasteiger partial charge in [-0.3, -0.25) is 14.5 Å². The molecule has 3 heterocycles. The Morgan fingerprint density at radius 1 is 1.25 bits per heavy atom. The quantitative estimate of drug-likeness (QED) is 0.360. The number of likely N-dealkylation sites (tertiary alicyclic amines) is 1. The second-order valence-corrected chi connectivity index (χ2v) is 8.66. The number of carbonyl (C=O) groups is 2. The van der Waals surface area contributed by atoms with Gasteiger partial charge >= 0.3 is 0 Å². The van der Waals surface area contributed by atoms with Crippen molar-refractivity contribution in [1.29, 1.82) is 0 Å². The number of halogens is 1. The molecule has 10 heteroatoms. The number of amides is 2. The minimum atomic E-state index is -0.693. The predicted octanol–water partition coefficient (Wildman–Crippen LogP) is 3.01. The van der Waals surface area contributed by atoms with Crippen LogP contribution >= 0.6 is 0 Å². The largest absolute Gasteiger partial charge is 0.364 e. The minimum Gasteiger partial charge on any atom is -0.364 e. The van der Waals surface area contributed by atoms with E-state index in [9.17, 15) is 14.0 Å². The van der Waals surface area contributed by atoms with Crippen LogP contribution in [0.5, 0.6) is 0 Å². The summed E-state index contributed by atoms with van der Waals surface area (Å²) in [6, 6.07) is 7.93. The third-order valence-corrected chi connectivity index (χ3v) is 6.25. The van der Waals surface area contributed by atoms with Crippen LogP contribution in [0.1, 0.15) is 64.5 Å². The van der Waals surface area contributed by atoms with Crippen molar-refractivity contribution in [1.82, 2.24) is 19.5 Å². The van der Waals surface area contributed by atoms with Crippen molar-refractivity contribution in [3.05, 3.63) is 65.0 Å². The van der Waals surface area contributed by atoms with E-state index in [0.29, 0.717) is 34.8 Å². The zero-order chi connectivity index (χ0) is 25.8. The summed E-state index contributed by atoms with van der Waals surface area (Å²) >= 11 is 0. The summed E-state index contributed by atoms with van der Waals surface area (Å²) in [6.45, 7) is 4.83. The van der Waals surface area contributed by atoms with Gasteiger partial charge in [-0.05, 0) is 57.0 Å². The monoisotopic (exact) mass is 489 g/mol. The molecule has 1 atom stereocenters. The van der Waals surface area contributed by atoms with Gasteiger partial charge in [-0.25, -0.2) is 19.0 Å². The second-order valence-electron chi connectivity index (χ2n) is 8.66. The van der Waals surface area contributed by atoms with E-state index in [2.05, 4.69) is 27.0 Å². The van der Waals surface area contributed by atoms with E-state index in [1.165, 1.54) is 10.7 Å². The molecule has 0 unspecified atom stereocenters. The summed E-state index contributed by atoms with van der Waals surface area (Å²) in [5.74, 6) is 11.6. The van der Waals surface area contributed by atoms with E-state index in [1.807, 2.05) is 0 Å². The first kappa shape index (κ1) is 24.9. The highest BCUT2D eigenvalue weighted by molar-refractivity contribution is 6.04. The molecule has 5 N–H and O–H groups in total. The topological polar surface area (TPSA) is 132 Å². The molecule has 4 rings (SSSR count). The molecular weight excluding hydrogens is 461 g/mol. The smallest absolute Gasteiger partial charge is 0.269 e. The van der Waals surface area contributed by atoms with Gasteiger partial charge in [0.2, 0.25) is 0 Å². The molecular formula is C26H28FN7O2. The van der Waals surface area contributed by atoms with Crippen molar-refractivity contribution in [3.63, 3.8) is 0 Å². The molecule has 1 aliphatic heterocycles. The molecule has 0 aliphatic carbocycles. The highest BCUT2D eigenvalue weighted by Crippen LogP contribution is 2.33. The number of hydrogen-bond acceptors (Lipinski definition) is 6. The number of anilines is 1. The van der Waals surface area contributed by atoms with Gasteiger partial charge in [0.05, 0.1) is 18.8 Å². The number of aryl methyl sites for hydroxylation is 1. The third kappa shape index (κ3) is 5.06. The number of primary amides is 1. The molecule has 2 aromatic heterocycles. The number of nitrogens with two attached hydrogens (primary N) is 2. The maximum absolute atomic E-state index is 13.4. The Balaban J connectivity index is 1.62. The first-order valence-corrected chi connectivity index (χ1v) is 11.6. The van der Waals surface area contributed by atoms with Crippen LogP contribution in [0.15, 0.2) is 36.5 Å². The Morgan fingerprint density at radius 2 is 2.00 bits per heavy atom. The van der Waals surface area contributed by atoms with Crippen LogP contribution in [0.3, 0.4) is 0 Å². The molecule has 1 saturated heterocycles. The van der Waals surface area contributed by atoms with Crippen molar-refractivity contribution >= 4 is 17.6 Å². The summed E-state index contributed by atoms with van der Waals surface area (Å²) in [7, 11) is 0. The van der Waals surface area contributed by atoms with Crippen LogP contribution in [-0.2, 0) is 0 Å². The molecule has 1 aliphatic rings. The van der Waals surface area contributed by atoms with Crippen LogP contribution < -0.4 is 16.9 Å². The lowest BCUT2D eigenvalue weighted by Crippen LogP contribution is -2.37. The average Bonchev–Trinajstić information content (AvgIpc) is 3.22. The van der Waals surface area contributed by atoms with Gasteiger partial charge in [-0.2, -0.15) is 0 Å². The number of pyridine rings is 1. The first-order chi connectivity index (χ1) is 17.3. The normalized spacial score (nSPS) is 15.7. The van der Waals surface area contributed by atoms with Crippen molar-refractivity contribution in [3.8, 4) is 23.1 Å². The molecule has 3 aromatic rings. The predicted molar refractivity (Wildman–Crippen MR) is 135 cm³/mol. The van der Waals surface area contributed by atoms with Crippen LogP contribution in [-0.4, -0.2) is 44.4 Å². The Bertz CT molecular complexity index is 1360.